The average Bonchev–Trinajstić information content (AvgIpc) is 2.31. The van der Waals surface area contributed by atoms with Gasteiger partial charge in [0.2, 0.25) is 0 Å². The van der Waals surface area contributed by atoms with Crippen LogP contribution in [-0.4, -0.2) is 31.0 Å². The predicted octanol–water partition coefficient (Wildman–Crippen LogP) is 3.45. The van der Waals surface area contributed by atoms with Crippen LogP contribution >= 0.6 is 11.6 Å². The minimum Gasteiger partial charge on any atom is -0.496 e. The van der Waals surface area contributed by atoms with Crippen molar-refractivity contribution in [2.75, 3.05) is 20.7 Å². The maximum absolute atomic E-state index is 11.0. The molecule has 0 radical (unpaired) electrons. The molecular formula is C14H20ClNO2. The van der Waals surface area contributed by atoms with Crippen molar-refractivity contribution in [2.45, 2.75) is 27.2 Å². The van der Waals surface area contributed by atoms with Crippen LogP contribution in [0.15, 0.2) is 6.07 Å². The largest absolute Gasteiger partial charge is 0.496 e. The Hall–Kier alpha value is -1.22. The molecule has 0 saturated carbocycles. The quantitative estimate of drug-likeness (QED) is 0.619. The molecule has 0 atom stereocenters. The van der Waals surface area contributed by atoms with Gasteiger partial charge >= 0.3 is 5.37 Å². The normalized spacial score (nSPS) is 10.3. The van der Waals surface area contributed by atoms with E-state index < -0.39 is 5.37 Å². The molecule has 0 aliphatic carbocycles. The van der Waals surface area contributed by atoms with Crippen molar-refractivity contribution in [3.8, 4) is 5.75 Å². The lowest BCUT2D eigenvalue weighted by Gasteiger charge is -2.19. The fourth-order valence-corrected chi connectivity index (χ4v) is 2.14. The topological polar surface area (TPSA) is 29.5 Å². The molecule has 3 nitrogen and oxygen atoms in total. The van der Waals surface area contributed by atoms with Gasteiger partial charge in [0.1, 0.15) is 5.75 Å². The first-order valence-corrected chi connectivity index (χ1v) is 6.30. The Morgan fingerprint density at radius 2 is 1.94 bits per heavy atom. The monoisotopic (exact) mass is 269 g/mol. The van der Waals surface area contributed by atoms with E-state index in [1.165, 1.54) is 16.0 Å². The number of carbonyl (C=O) groups excluding carboxylic acids is 1. The number of methoxy groups -OCH3 is 1. The molecule has 0 heterocycles. The van der Waals surface area contributed by atoms with Crippen LogP contribution in [-0.2, 0) is 6.42 Å². The Bertz CT molecular complexity index is 458. The Morgan fingerprint density at radius 1 is 1.33 bits per heavy atom. The zero-order valence-electron chi connectivity index (χ0n) is 11.6. The van der Waals surface area contributed by atoms with Gasteiger partial charge in [-0.05, 0) is 61.0 Å². The van der Waals surface area contributed by atoms with Crippen LogP contribution < -0.4 is 4.74 Å². The molecule has 0 fully saturated rings. The Labute approximate surface area is 114 Å². The van der Waals surface area contributed by atoms with E-state index >= 15 is 0 Å². The summed E-state index contributed by atoms with van der Waals surface area (Å²) in [6.07, 6.45) is 0.741. The molecule has 1 rings (SSSR count). The maximum atomic E-state index is 11.0. The Morgan fingerprint density at radius 3 is 2.44 bits per heavy atom. The molecule has 0 spiro atoms. The number of hydrogen-bond donors (Lipinski definition) is 0. The molecule has 0 aliphatic rings. The highest BCUT2D eigenvalue weighted by Crippen LogP contribution is 2.29. The molecule has 0 bridgehead atoms. The standard InChI is InChI=1S/C14H20ClNO2/c1-9-8-10(2)12(13(18-5)11(9)3)6-7-16(4)14(15)17/h8H,6-7H2,1-5H3. The second kappa shape index (κ2) is 6.10. The lowest BCUT2D eigenvalue weighted by Crippen LogP contribution is -2.24. The summed E-state index contributed by atoms with van der Waals surface area (Å²) in [7, 11) is 3.37. The highest BCUT2D eigenvalue weighted by Gasteiger charge is 2.13. The Kier molecular flexibility index (Phi) is 5.03. The van der Waals surface area contributed by atoms with E-state index in [2.05, 4.69) is 19.9 Å². The first-order valence-electron chi connectivity index (χ1n) is 5.92. The van der Waals surface area contributed by atoms with Crippen molar-refractivity contribution < 1.29 is 9.53 Å². The van der Waals surface area contributed by atoms with Gasteiger partial charge < -0.3 is 9.64 Å². The third-order valence-electron chi connectivity index (χ3n) is 3.32. The van der Waals surface area contributed by atoms with Crippen molar-refractivity contribution in [1.82, 2.24) is 4.90 Å². The van der Waals surface area contributed by atoms with Crippen LogP contribution in [0.3, 0.4) is 0 Å². The fourth-order valence-electron chi connectivity index (χ4n) is 2.06. The van der Waals surface area contributed by atoms with Gasteiger partial charge in [-0.15, -0.1) is 0 Å². The van der Waals surface area contributed by atoms with Crippen LogP contribution in [0.5, 0.6) is 5.75 Å². The molecule has 0 aromatic heterocycles. The summed E-state index contributed by atoms with van der Waals surface area (Å²) in [5.41, 5.74) is 4.70. The van der Waals surface area contributed by atoms with Gasteiger partial charge in [-0.3, -0.25) is 4.79 Å². The van der Waals surface area contributed by atoms with E-state index in [1.54, 1.807) is 14.2 Å². The van der Waals surface area contributed by atoms with Gasteiger partial charge in [0.25, 0.3) is 0 Å². The minimum atomic E-state index is -0.435. The third-order valence-corrected chi connectivity index (χ3v) is 3.61. The van der Waals surface area contributed by atoms with Gasteiger partial charge in [-0.25, -0.2) is 0 Å². The maximum Gasteiger partial charge on any atom is 0.316 e. The van der Waals surface area contributed by atoms with Crippen molar-refractivity contribution in [3.63, 3.8) is 0 Å². The summed E-state index contributed by atoms with van der Waals surface area (Å²) in [5, 5.41) is -0.435. The van der Waals surface area contributed by atoms with E-state index in [0.717, 1.165) is 23.3 Å². The minimum absolute atomic E-state index is 0.435. The van der Waals surface area contributed by atoms with Crippen molar-refractivity contribution >= 4 is 17.0 Å². The molecule has 4 heteroatoms. The summed E-state index contributed by atoms with van der Waals surface area (Å²) in [6.45, 7) is 6.77. The van der Waals surface area contributed by atoms with Gasteiger partial charge in [-0.2, -0.15) is 0 Å². The average molecular weight is 270 g/mol. The van der Waals surface area contributed by atoms with Crippen LogP contribution in [0.1, 0.15) is 22.3 Å². The molecule has 100 valence electrons. The van der Waals surface area contributed by atoms with Gasteiger partial charge in [0.15, 0.2) is 0 Å². The summed E-state index contributed by atoms with van der Waals surface area (Å²) in [4.78, 5) is 12.5. The van der Waals surface area contributed by atoms with Crippen LogP contribution in [0.2, 0.25) is 0 Å². The number of halogens is 1. The molecule has 0 N–H and O–H groups in total. The number of ether oxygens (including phenoxy) is 1. The molecule has 1 aromatic carbocycles. The number of carbonyl (C=O) groups is 1. The van der Waals surface area contributed by atoms with E-state index in [4.69, 9.17) is 16.3 Å². The van der Waals surface area contributed by atoms with Crippen LogP contribution in [0.4, 0.5) is 4.79 Å². The lowest BCUT2D eigenvalue weighted by atomic mass is 9.97. The first kappa shape index (κ1) is 14.8. The number of hydrogen-bond acceptors (Lipinski definition) is 2. The van der Waals surface area contributed by atoms with Crippen molar-refractivity contribution in [2.24, 2.45) is 0 Å². The van der Waals surface area contributed by atoms with Crippen LogP contribution in [0.25, 0.3) is 0 Å². The number of nitrogens with zero attached hydrogens (tertiary/aromatic N) is 1. The molecule has 0 saturated heterocycles. The molecule has 1 amide bonds. The predicted molar refractivity (Wildman–Crippen MR) is 74.8 cm³/mol. The number of benzene rings is 1. The summed E-state index contributed by atoms with van der Waals surface area (Å²) in [6, 6.07) is 2.15. The summed E-state index contributed by atoms with van der Waals surface area (Å²) >= 11 is 5.42. The second-order valence-electron chi connectivity index (χ2n) is 4.57. The van der Waals surface area contributed by atoms with Gasteiger partial charge in [-0.1, -0.05) is 6.07 Å². The second-order valence-corrected chi connectivity index (χ2v) is 4.90. The molecule has 1 aromatic rings. The summed E-state index contributed by atoms with van der Waals surface area (Å²) < 4.78 is 5.49. The summed E-state index contributed by atoms with van der Waals surface area (Å²) in [5.74, 6) is 0.919. The van der Waals surface area contributed by atoms with Crippen molar-refractivity contribution in [3.05, 3.63) is 28.3 Å². The zero-order valence-corrected chi connectivity index (χ0v) is 12.4. The molecule has 18 heavy (non-hydrogen) atoms. The molecule has 0 unspecified atom stereocenters. The number of likely N-dealkylation sites (N-methyl/N-ethyl adjacent to an activating group) is 1. The zero-order chi connectivity index (χ0) is 13.9. The van der Waals surface area contributed by atoms with E-state index in [1.807, 2.05) is 6.92 Å². The van der Waals surface area contributed by atoms with Gasteiger partial charge in [0.05, 0.1) is 7.11 Å². The van der Waals surface area contributed by atoms with Gasteiger partial charge in [0, 0.05) is 13.6 Å². The highest BCUT2D eigenvalue weighted by atomic mass is 35.5. The fraction of sp³-hybridized carbons (Fsp3) is 0.500. The lowest BCUT2D eigenvalue weighted by molar-refractivity contribution is 0.232. The molecular weight excluding hydrogens is 250 g/mol. The Balaban J connectivity index is 3.01. The van der Waals surface area contributed by atoms with E-state index in [9.17, 15) is 4.79 Å². The van der Waals surface area contributed by atoms with Crippen molar-refractivity contribution in [1.29, 1.82) is 0 Å². The van der Waals surface area contributed by atoms with E-state index in [-0.39, 0.29) is 0 Å². The molecule has 0 aliphatic heterocycles. The number of aryl methyl sites for hydroxylation is 2. The van der Waals surface area contributed by atoms with Crippen LogP contribution in [0, 0.1) is 20.8 Å². The third kappa shape index (κ3) is 3.16. The van der Waals surface area contributed by atoms with E-state index in [0.29, 0.717) is 6.54 Å². The highest BCUT2D eigenvalue weighted by molar-refractivity contribution is 6.62. The SMILES string of the molecule is COc1c(C)c(C)cc(C)c1CCN(C)C(=O)Cl. The first-order chi connectivity index (χ1) is 8.38. The number of amides is 1. The number of rotatable bonds is 4. The smallest absolute Gasteiger partial charge is 0.316 e.